The van der Waals surface area contributed by atoms with E-state index in [1.807, 2.05) is 27.7 Å². The van der Waals surface area contributed by atoms with Crippen LogP contribution in [0.25, 0.3) is 0 Å². The molecule has 0 aliphatic heterocycles. The van der Waals surface area contributed by atoms with Crippen LogP contribution in [0.3, 0.4) is 0 Å². The third kappa shape index (κ3) is 7.50. The standard InChI is InChI=1S/C44H53O12P/c1-27(25-44(2,3)4)26-57(40(45)36-28(49-5)17-13-18-29(36)50-6,41(46)37-30(51-7)19-14-20-31(37)52-8,42(47)38-32(53-9)21-15-22-33(38)54-10)43(48)39-34(55-11)23-16-24-35(39)56-12/h13-24,27H,25-26H2,1-12H3. The van der Waals surface area contributed by atoms with Gasteiger partial charge in [-0.25, -0.2) is 0 Å². The summed E-state index contributed by atoms with van der Waals surface area (Å²) in [5, 5.41) is 0. The molecule has 0 aliphatic carbocycles. The molecular weight excluding hydrogens is 751 g/mol. The third-order valence-electron chi connectivity index (χ3n) is 10.00. The van der Waals surface area contributed by atoms with Gasteiger partial charge in [-0.2, -0.15) is 0 Å². The Morgan fingerprint density at radius 2 is 0.632 bits per heavy atom. The average molecular weight is 805 g/mol. The Morgan fingerprint density at radius 1 is 0.439 bits per heavy atom. The maximum absolute atomic E-state index is 16.9. The maximum atomic E-state index is 16.9. The molecule has 0 spiro atoms. The Balaban J connectivity index is 2.57. The third-order valence-corrected chi connectivity index (χ3v) is 15.8. The summed E-state index contributed by atoms with van der Waals surface area (Å²) in [5.74, 6) is -1.02. The van der Waals surface area contributed by atoms with Gasteiger partial charge in [0.25, 0.3) is 0 Å². The van der Waals surface area contributed by atoms with Crippen LogP contribution in [-0.4, -0.2) is 85.1 Å². The van der Waals surface area contributed by atoms with Gasteiger partial charge >= 0.3 is 335 Å². The minimum atomic E-state index is -6.53. The first kappa shape index (κ1) is 44.1. The van der Waals surface area contributed by atoms with E-state index in [0.717, 1.165) is 0 Å². The van der Waals surface area contributed by atoms with Crippen LogP contribution < -0.4 is 37.9 Å². The van der Waals surface area contributed by atoms with E-state index in [9.17, 15) is 0 Å². The summed E-state index contributed by atoms with van der Waals surface area (Å²) in [6.45, 7) is 1.25. The summed E-state index contributed by atoms with van der Waals surface area (Å²) in [6.07, 6.45) is -0.201. The zero-order valence-corrected chi connectivity index (χ0v) is 35.7. The zero-order valence-electron chi connectivity index (χ0n) is 34.8. The summed E-state index contributed by atoms with van der Waals surface area (Å²) >= 11 is 0. The molecule has 12 nitrogen and oxygen atoms in total. The molecule has 0 aromatic heterocycles. The van der Waals surface area contributed by atoms with Gasteiger partial charge in [-0.1, -0.05) is 0 Å². The van der Waals surface area contributed by atoms with Crippen molar-refractivity contribution >= 4 is 28.7 Å². The van der Waals surface area contributed by atoms with Gasteiger partial charge in [0.15, 0.2) is 0 Å². The SMILES string of the molecule is COc1cccc(OC)c1C(=O)P(CC(C)CC(C)(C)C)(C(=O)c1c(OC)cccc1OC)(C(=O)c1c(OC)cccc1OC)C(=O)c1c(OC)cccc1OC. The number of rotatable bonds is 19. The molecule has 0 radical (unpaired) electrons. The van der Waals surface area contributed by atoms with Gasteiger partial charge in [-0.05, 0) is 0 Å². The van der Waals surface area contributed by atoms with E-state index in [-0.39, 0.29) is 68.2 Å². The van der Waals surface area contributed by atoms with E-state index in [4.69, 9.17) is 37.9 Å². The van der Waals surface area contributed by atoms with Crippen LogP contribution in [0.5, 0.6) is 46.0 Å². The Kier molecular flexibility index (Phi) is 13.7. The molecule has 0 saturated heterocycles. The molecule has 0 aliphatic rings. The van der Waals surface area contributed by atoms with E-state index >= 15 is 19.2 Å². The molecule has 0 saturated carbocycles. The Morgan fingerprint density at radius 3 is 0.789 bits per heavy atom. The molecule has 57 heavy (non-hydrogen) atoms. The van der Waals surface area contributed by atoms with Crippen LogP contribution in [0, 0.1) is 11.3 Å². The van der Waals surface area contributed by atoms with Gasteiger partial charge < -0.3 is 0 Å². The van der Waals surface area contributed by atoms with E-state index in [2.05, 4.69) is 0 Å². The molecule has 0 heterocycles. The molecule has 0 N–H and O–H groups in total. The van der Waals surface area contributed by atoms with Crippen LogP contribution in [0.2, 0.25) is 0 Å². The van der Waals surface area contributed by atoms with E-state index in [0.29, 0.717) is 6.42 Å². The predicted octanol–water partition coefficient (Wildman–Crippen LogP) is 9.04. The van der Waals surface area contributed by atoms with Crippen LogP contribution in [0.1, 0.15) is 75.5 Å². The van der Waals surface area contributed by atoms with E-state index < -0.39 is 46.2 Å². The van der Waals surface area contributed by atoms with Crippen molar-refractivity contribution in [2.45, 2.75) is 34.1 Å². The van der Waals surface area contributed by atoms with Crippen molar-refractivity contribution in [1.29, 1.82) is 0 Å². The molecule has 306 valence electrons. The number of carbonyl (C=O) groups excluding carboxylic acids is 4. The second kappa shape index (κ2) is 17.7. The summed E-state index contributed by atoms with van der Waals surface area (Å²) in [7, 11) is 10.7. The minimum absolute atomic E-state index is 0.0452. The summed E-state index contributed by atoms with van der Waals surface area (Å²) in [4.78, 5) is 67.5. The summed E-state index contributed by atoms with van der Waals surface area (Å²) in [6, 6.07) is 18.3. The normalized spacial score (nSPS) is 12.6. The number of hydrogen-bond donors (Lipinski definition) is 0. The first-order valence-corrected chi connectivity index (χ1v) is 20.6. The molecule has 4 aromatic carbocycles. The Hall–Kier alpha value is -5.61. The van der Waals surface area contributed by atoms with Crippen molar-refractivity contribution in [2.75, 3.05) is 63.0 Å². The van der Waals surface area contributed by atoms with Crippen molar-refractivity contribution in [3.63, 3.8) is 0 Å². The fourth-order valence-corrected chi connectivity index (χ4v) is 13.9. The van der Waals surface area contributed by atoms with Crippen molar-refractivity contribution in [3.8, 4) is 46.0 Å². The van der Waals surface area contributed by atoms with E-state index in [1.54, 1.807) is 24.3 Å². The Bertz CT molecular complexity index is 1780. The van der Waals surface area contributed by atoms with Gasteiger partial charge in [0.1, 0.15) is 0 Å². The van der Waals surface area contributed by atoms with Crippen LogP contribution in [0.4, 0.5) is 0 Å². The molecule has 4 rings (SSSR count). The van der Waals surface area contributed by atoms with Crippen LogP contribution in [0.15, 0.2) is 72.8 Å². The number of carbonyl (C=O) groups is 4. The van der Waals surface area contributed by atoms with Gasteiger partial charge in [-0.3, -0.25) is 0 Å². The molecule has 0 amide bonds. The van der Waals surface area contributed by atoms with Crippen LogP contribution in [-0.2, 0) is 0 Å². The second-order valence-corrected chi connectivity index (χ2v) is 19.3. The van der Waals surface area contributed by atoms with Crippen molar-refractivity contribution in [3.05, 3.63) is 95.1 Å². The number of benzene rings is 4. The second-order valence-electron chi connectivity index (χ2n) is 14.7. The van der Waals surface area contributed by atoms with E-state index in [1.165, 1.54) is 105 Å². The van der Waals surface area contributed by atoms with Crippen molar-refractivity contribution in [1.82, 2.24) is 0 Å². The zero-order chi connectivity index (χ0) is 42.3. The monoisotopic (exact) mass is 804 g/mol. The van der Waals surface area contributed by atoms with Crippen molar-refractivity contribution < 1.29 is 57.1 Å². The topological polar surface area (TPSA) is 142 Å². The average Bonchev–Trinajstić information content (AvgIpc) is 3.22. The van der Waals surface area contributed by atoms with Crippen molar-refractivity contribution in [2.24, 2.45) is 11.3 Å². The van der Waals surface area contributed by atoms with Gasteiger partial charge in [-0.15, -0.1) is 0 Å². The fourth-order valence-electron chi connectivity index (χ4n) is 7.85. The summed E-state index contributed by atoms with van der Waals surface area (Å²) < 4.78 is 46.4. The van der Waals surface area contributed by atoms with Gasteiger partial charge in [0, 0.05) is 0 Å². The summed E-state index contributed by atoms with van der Waals surface area (Å²) in [5.41, 5.74) is -6.08. The number of methoxy groups -OCH3 is 8. The fraction of sp³-hybridized carbons (Fsp3) is 0.364. The molecule has 4 aromatic rings. The first-order chi connectivity index (χ1) is 27.1. The van der Waals surface area contributed by atoms with Gasteiger partial charge in [0.05, 0.1) is 0 Å². The first-order valence-electron chi connectivity index (χ1n) is 18.1. The molecule has 0 fully saturated rings. The predicted molar refractivity (Wildman–Crippen MR) is 221 cm³/mol. The molecular formula is C44H53O12P. The number of ether oxygens (including phenoxy) is 8. The van der Waals surface area contributed by atoms with Crippen LogP contribution >= 0.6 is 6.60 Å². The van der Waals surface area contributed by atoms with Gasteiger partial charge in [0.2, 0.25) is 0 Å². The Labute approximate surface area is 334 Å². The molecule has 1 unspecified atom stereocenters. The number of hydrogen-bond acceptors (Lipinski definition) is 12. The molecule has 1 atom stereocenters. The quantitative estimate of drug-likeness (QED) is 0.0835. The molecule has 13 heteroatoms. The molecule has 0 bridgehead atoms.